The molecule has 0 aromatic heterocycles. The minimum Gasteiger partial charge on any atom is -0.480 e. The number of carboxylic acids is 1. The number of fused-ring (bicyclic) bond motifs is 1. The lowest BCUT2D eigenvalue weighted by molar-refractivity contribution is -0.152. The van der Waals surface area contributed by atoms with E-state index in [1.165, 1.54) is 11.8 Å². The first-order valence-corrected chi connectivity index (χ1v) is 8.60. The first-order chi connectivity index (χ1) is 10.8. The van der Waals surface area contributed by atoms with Crippen LogP contribution in [0.2, 0.25) is 5.02 Å². The number of carbonyl (C=O) groups is 3. The average Bonchev–Trinajstić information content (AvgIpc) is 2.50. The molecule has 0 saturated heterocycles. The molecule has 1 heterocycles. The molecule has 1 aromatic carbocycles. The molecule has 0 spiro atoms. The number of benzene rings is 1. The number of carboxylic acid groups (broad SMARTS) is 1. The van der Waals surface area contributed by atoms with Crippen LogP contribution >= 0.6 is 23.4 Å². The number of aliphatic carboxylic acids is 1. The predicted octanol–water partition coefficient (Wildman–Crippen LogP) is 2.59. The van der Waals surface area contributed by atoms with E-state index >= 15 is 0 Å². The zero-order chi connectivity index (χ0) is 17.1. The lowest BCUT2D eigenvalue weighted by Crippen LogP contribution is -2.50. The first-order valence-electron chi connectivity index (χ1n) is 7.23. The maximum absolute atomic E-state index is 12.6. The Bertz CT molecular complexity index is 649. The lowest BCUT2D eigenvalue weighted by Gasteiger charge is -2.36. The zero-order valence-electron chi connectivity index (χ0n) is 12.9. The Morgan fingerprint density at radius 3 is 2.70 bits per heavy atom. The van der Waals surface area contributed by atoms with Gasteiger partial charge in [0.1, 0.15) is 6.04 Å². The van der Waals surface area contributed by atoms with Crippen LogP contribution in [0.1, 0.15) is 25.0 Å². The van der Waals surface area contributed by atoms with Crippen molar-refractivity contribution >= 4 is 40.4 Å². The van der Waals surface area contributed by atoms with Crippen molar-refractivity contribution in [1.82, 2.24) is 4.90 Å². The van der Waals surface area contributed by atoms with Crippen LogP contribution in [0.25, 0.3) is 0 Å². The number of hydrogen-bond donors (Lipinski definition) is 1. The van der Waals surface area contributed by atoms with Gasteiger partial charge in [-0.15, -0.1) is 0 Å². The quantitative estimate of drug-likeness (QED) is 0.898. The van der Waals surface area contributed by atoms with Gasteiger partial charge in [-0.3, -0.25) is 9.59 Å². The highest BCUT2D eigenvalue weighted by Gasteiger charge is 2.36. The third-order valence-corrected chi connectivity index (χ3v) is 5.13. The molecule has 0 bridgehead atoms. The van der Waals surface area contributed by atoms with Gasteiger partial charge in [0.05, 0.1) is 0 Å². The molecule has 0 fully saturated rings. The van der Waals surface area contributed by atoms with E-state index in [0.29, 0.717) is 10.8 Å². The molecule has 1 aliphatic rings. The molecule has 23 heavy (non-hydrogen) atoms. The Balaban J connectivity index is 2.22. The standard InChI is InChI=1S/C16H18ClNO4S/c1-9(8-23-10(2)19)15(20)18-7-12-5-13(17)4-3-11(12)6-14(18)16(21)22/h3-5,9,14H,6-8H2,1-2H3,(H,21,22). The van der Waals surface area contributed by atoms with E-state index in [2.05, 4.69) is 0 Å². The number of nitrogens with zero attached hydrogens (tertiary/aromatic N) is 1. The topological polar surface area (TPSA) is 74.7 Å². The molecule has 2 unspecified atom stereocenters. The smallest absolute Gasteiger partial charge is 0.326 e. The van der Waals surface area contributed by atoms with Crippen molar-refractivity contribution < 1.29 is 19.5 Å². The molecule has 2 atom stereocenters. The summed E-state index contributed by atoms with van der Waals surface area (Å²) in [6.07, 6.45) is 0.264. The fourth-order valence-electron chi connectivity index (χ4n) is 2.60. The second-order valence-electron chi connectivity index (χ2n) is 5.64. The second kappa shape index (κ2) is 7.36. The van der Waals surface area contributed by atoms with E-state index in [4.69, 9.17) is 11.6 Å². The highest BCUT2D eigenvalue weighted by molar-refractivity contribution is 8.13. The summed E-state index contributed by atoms with van der Waals surface area (Å²) in [5.41, 5.74) is 1.77. The molecule has 1 aromatic rings. The van der Waals surface area contributed by atoms with Crippen molar-refractivity contribution in [2.75, 3.05) is 5.75 Å². The fourth-order valence-corrected chi connectivity index (χ4v) is 3.42. The van der Waals surface area contributed by atoms with Gasteiger partial charge in [0, 0.05) is 36.6 Å². The van der Waals surface area contributed by atoms with Crippen LogP contribution in [0, 0.1) is 5.92 Å². The van der Waals surface area contributed by atoms with E-state index in [-0.39, 0.29) is 24.0 Å². The molecule has 7 heteroatoms. The number of carbonyl (C=O) groups excluding carboxylic acids is 2. The summed E-state index contributed by atoms with van der Waals surface area (Å²) in [5, 5.41) is 9.96. The van der Waals surface area contributed by atoms with Gasteiger partial charge in [0.25, 0.3) is 0 Å². The minimum atomic E-state index is -1.02. The number of thioether (sulfide) groups is 1. The first kappa shape index (κ1) is 17.8. The van der Waals surface area contributed by atoms with Gasteiger partial charge in [0.15, 0.2) is 5.12 Å². The molecule has 1 N–H and O–H groups in total. The van der Waals surface area contributed by atoms with Gasteiger partial charge >= 0.3 is 5.97 Å². The van der Waals surface area contributed by atoms with Crippen molar-refractivity contribution in [3.63, 3.8) is 0 Å². The molecule has 124 valence electrons. The van der Waals surface area contributed by atoms with E-state index < -0.39 is 17.9 Å². The largest absolute Gasteiger partial charge is 0.480 e. The highest BCUT2D eigenvalue weighted by Crippen LogP contribution is 2.28. The Morgan fingerprint density at radius 1 is 1.39 bits per heavy atom. The summed E-state index contributed by atoms with van der Waals surface area (Å²) in [4.78, 5) is 36.6. The van der Waals surface area contributed by atoms with Crippen molar-refractivity contribution in [1.29, 1.82) is 0 Å². The Kier molecular flexibility index (Phi) is 5.70. The zero-order valence-corrected chi connectivity index (χ0v) is 14.5. The monoisotopic (exact) mass is 355 g/mol. The fraction of sp³-hybridized carbons (Fsp3) is 0.438. The maximum atomic E-state index is 12.6. The van der Waals surface area contributed by atoms with E-state index in [0.717, 1.165) is 22.9 Å². The Labute approximate surface area is 144 Å². The van der Waals surface area contributed by atoms with Gasteiger partial charge in [-0.05, 0) is 23.3 Å². The third kappa shape index (κ3) is 4.26. The number of amides is 1. The maximum Gasteiger partial charge on any atom is 0.326 e. The van der Waals surface area contributed by atoms with E-state index in [1.54, 1.807) is 19.1 Å². The highest BCUT2D eigenvalue weighted by atomic mass is 35.5. The molecule has 1 amide bonds. The van der Waals surface area contributed by atoms with Crippen molar-refractivity contribution in [3.05, 3.63) is 34.3 Å². The van der Waals surface area contributed by atoms with Gasteiger partial charge in [-0.25, -0.2) is 4.79 Å². The summed E-state index contributed by atoms with van der Waals surface area (Å²) in [5.74, 6) is -1.35. The molecular weight excluding hydrogens is 338 g/mol. The van der Waals surface area contributed by atoms with Crippen molar-refractivity contribution in [2.24, 2.45) is 5.92 Å². The number of hydrogen-bond acceptors (Lipinski definition) is 4. The molecule has 1 aliphatic heterocycles. The van der Waals surface area contributed by atoms with E-state index in [9.17, 15) is 19.5 Å². The lowest BCUT2D eigenvalue weighted by atomic mass is 9.93. The third-order valence-electron chi connectivity index (χ3n) is 3.82. The number of halogens is 1. The van der Waals surface area contributed by atoms with Crippen LogP contribution in [0.15, 0.2) is 18.2 Å². The predicted molar refractivity (Wildman–Crippen MR) is 89.4 cm³/mol. The minimum absolute atomic E-state index is 0.0600. The van der Waals surface area contributed by atoms with Crippen LogP contribution in [0.5, 0.6) is 0 Å². The van der Waals surface area contributed by atoms with Crippen molar-refractivity contribution in [3.8, 4) is 0 Å². The van der Waals surface area contributed by atoms with Crippen LogP contribution in [0.3, 0.4) is 0 Å². The number of rotatable bonds is 4. The normalized spacial score (nSPS) is 18.2. The molecule has 2 rings (SSSR count). The average molecular weight is 356 g/mol. The Hall–Kier alpha value is -1.53. The van der Waals surface area contributed by atoms with Gasteiger partial charge in [-0.2, -0.15) is 0 Å². The molecule has 5 nitrogen and oxygen atoms in total. The van der Waals surface area contributed by atoms with Gasteiger partial charge < -0.3 is 10.0 Å². The van der Waals surface area contributed by atoms with Crippen molar-refractivity contribution in [2.45, 2.75) is 32.9 Å². The van der Waals surface area contributed by atoms with Gasteiger partial charge in [0.2, 0.25) is 5.91 Å². The van der Waals surface area contributed by atoms with Crippen LogP contribution in [0.4, 0.5) is 0 Å². The summed E-state index contributed by atoms with van der Waals surface area (Å²) in [6.45, 7) is 3.38. The molecular formula is C16H18ClNO4S. The second-order valence-corrected chi connectivity index (χ2v) is 7.27. The van der Waals surface area contributed by atoms with Gasteiger partial charge in [-0.1, -0.05) is 36.4 Å². The molecule has 0 radical (unpaired) electrons. The Morgan fingerprint density at radius 2 is 2.09 bits per heavy atom. The summed E-state index contributed by atoms with van der Waals surface area (Å²) < 4.78 is 0. The molecule has 0 aliphatic carbocycles. The summed E-state index contributed by atoms with van der Waals surface area (Å²) >= 11 is 7.06. The summed E-state index contributed by atoms with van der Waals surface area (Å²) in [6, 6.07) is 4.42. The molecule has 0 saturated carbocycles. The summed E-state index contributed by atoms with van der Waals surface area (Å²) in [7, 11) is 0. The SMILES string of the molecule is CC(=O)SCC(C)C(=O)N1Cc2cc(Cl)ccc2CC1C(=O)O. The van der Waals surface area contributed by atoms with Crippen LogP contribution in [-0.2, 0) is 27.3 Å². The van der Waals surface area contributed by atoms with Crippen LogP contribution < -0.4 is 0 Å². The van der Waals surface area contributed by atoms with Crippen LogP contribution in [-0.4, -0.2) is 38.8 Å². The van der Waals surface area contributed by atoms with E-state index in [1.807, 2.05) is 6.07 Å².